The molecule has 0 radical (unpaired) electrons. The summed E-state index contributed by atoms with van der Waals surface area (Å²) >= 11 is 1.31. The molecule has 0 bridgehead atoms. The van der Waals surface area contributed by atoms with E-state index in [4.69, 9.17) is 9.40 Å². The van der Waals surface area contributed by atoms with Crippen molar-refractivity contribution in [1.82, 2.24) is 24.5 Å². The fourth-order valence-electron chi connectivity index (χ4n) is 4.43. The zero-order valence-electron chi connectivity index (χ0n) is 22.3. The van der Waals surface area contributed by atoms with E-state index in [0.29, 0.717) is 52.3 Å². The van der Waals surface area contributed by atoms with Crippen molar-refractivity contribution in [3.63, 3.8) is 0 Å². The number of anilines is 2. The predicted octanol–water partition coefficient (Wildman–Crippen LogP) is 5.62. The number of oxazole rings is 1. The first kappa shape index (κ1) is 26.1. The molecule has 5 aromatic heterocycles. The molecule has 0 unspecified atom stereocenters. The number of carbonyl (C=O) groups is 2. The maximum Gasteiger partial charge on any atom is 0.276 e. The summed E-state index contributed by atoms with van der Waals surface area (Å²) < 4.78 is 7.56. The van der Waals surface area contributed by atoms with E-state index in [1.807, 2.05) is 47.0 Å². The van der Waals surface area contributed by atoms with Crippen molar-refractivity contribution in [3.05, 3.63) is 107 Å². The number of pyridine rings is 2. The molecule has 0 spiro atoms. The summed E-state index contributed by atoms with van der Waals surface area (Å²) in [4.78, 5) is 46.7. The van der Waals surface area contributed by atoms with Crippen LogP contribution in [0.25, 0.3) is 21.7 Å². The molecule has 1 N–H and O–H groups in total. The molecule has 10 nitrogen and oxygen atoms in total. The van der Waals surface area contributed by atoms with Crippen LogP contribution < -0.4 is 10.2 Å². The molecule has 0 aliphatic carbocycles. The summed E-state index contributed by atoms with van der Waals surface area (Å²) in [5.41, 5.74) is 3.39. The van der Waals surface area contributed by atoms with Gasteiger partial charge in [0.05, 0.1) is 27.0 Å². The zero-order valence-corrected chi connectivity index (χ0v) is 23.1. The third-order valence-electron chi connectivity index (χ3n) is 6.54. The maximum atomic E-state index is 13.3. The number of rotatable bonds is 8. The second kappa shape index (κ2) is 11.1. The summed E-state index contributed by atoms with van der Waals surface area (Å²) in [6.45, 7) is 2.32. The van der Waals surface area contributed by atoms with Crippen LogP contribution >= 0.6 is 11.3 Å². The predicted molar refractivity (Wildman–Crippen MR) is 157 cm³/mol. The van der Waals surface area contributed by atoms with E-state index in [-0.39, 0.29) is 11.8 Å². The number of carbonyl (C=O) groups excluding carboxylic acids is 2. The van der Waals surface area contributed by atoms with Gasteiger partial charge in [0.1, 0.15) is 5.69 Å². The lowest BCUT2D eigenvalue weighted by Crippen LogP contribution is -2.26. The number of thiophene rings is 1. The minimum absolute atomic E-state index is 0.233. The van der Waals surface area contributed by atoms with E-state index in [1.54, 1.807) is 56.8 Å². The highest BCUT2D eigenvalue weighted by Crippen LogP contribution is 2.30. The summed E-state index contributed by atoms with van der Waals surface area (Å²) in [6.07, 6.45) is 5.64. The maximum absolute atomic E-state index is 13.3. The summed E-state index contributed by atoms with van der Waals surface area (Å²) in [7, 11) is 1.70. The number of nitrogens with one attached hydrogen (secondary N) is 1. The highest BCUT2D eigenvalue weighted by atomic mass is 32.1. The van der Waals surface area contributed by atoms with Crippen molar-refractivity contribution in [2.45, 2.75) is 19.9 Å². The second-order valence-electron chi connectivity index (χ2n) is 9.27. The third-order valence-corrected chi connectivity index (χ3v) is 7.64. The molecule has 11 heteroatoms. The van der Waals surface area contributed by atoms with E-state index >= 15 is 0 Å². The van der Waals surface area contributed by atoms with Gasteiger partial charge in [-0.25, -0.2) is 9.97 Å². The Bertz CT molecular complexity index is 1840. The number of aryl methyl sites for hydroxylation is 3. The highest BCUT2D eigenvalue weighted by Gasteiger charge is 2.20. The number of nitrogens with zero attached hydrogens (tertiary/aromatic N) is 6. The highest BCUT2D eigenvalue weighted by molar-refractivity contribution is 7.17. The molecular weight excluding hydrogens is 538 g/mol. The summed E-state index contributed by atoms with van der Waals surface area (Å²) in [5, 5.41) is 2.99. The standard InChI is InChI=1S/C30H25N7O3S/c1-19-33-18-25(40-19)26-11-12-27(41-26)28(38)35-30-34-23-17-21(36(2)29(39)22-8-4-6-15-32-22)9-10-24(23)37(30)16-13-20-7-3-5-14-31-20/h3-12,14-15,17-18H,13,16H2,1-2H3,(H,34,35,38). The molecule has 0 aliphatic heterocycles. The second-order valence-corrected chi connectivity index (χ2v) is 10.4. The normalized spacial score (nSPS) is 11.1. The number of imidazole rings is 1. The minimum atomic E-state index is -0.283. The van der Waals surface area contributed by atoms with Crippen LogP contribution in [0.15, 0.2) is 89.7 Å². The summed E-state index contributed by atoms with van der Waals surface area (Å²) in [5.74, 6) is 1.07. The van der Waals surface area contributed by atoms with Crippen LogP contribution in [0.3, 0.4) is 0 Å². The lowest BCUT2D eigenvalue weighted by atomic mass is 10.2. The Labute approximate surface area is 239 Å². The number of benzene rings is 1. The minimum Gasteiger partial charge on any atom is -0.440 e. The Kier molecular flexibility index (Phi) is 7.09. The van der Waals surface area contributed by atoms with E-state index in [9.17, 15) is 9.59 Å². The Morgan fingerprint density at radius 2 is 1.83 bits per heavy atom. The molecule has 0 saturated carbocycles. The van der Waals surface area contributed by atoms with Crippen LogP contribution in [-0.2, 0) is 13.0 Å². The van der Waals surface area contributed by atoms with E-state index < -0.39 is 0 Å². The molecule has 0 fully saturated rings. The van der Waals surface area contributed by atoms with Gasteiger partial charge in [-0.2, -0.15) is 0 Å². The number of hydrogen-bond acceptors (Lipinski definition) is 8. The Morgan fingerprint density at radius 3 is 2.56 bits per heavy atom. The monoisotopic (exact) mass is 563 g/mol. The van der Waals surface area contributed by atoms with Gasteiger partial charge >= 0.3 is 0 Å². The molecule has 6 rings (SSSR count). The first-order chi connectivity index (χ1) is 20.0. The largest absolute Gasteiger partial charge is 0.440 e. The lowest BCUT2D eigenvalue weighted by molar-refractivity contribution is 0.0986. The van der Waals surface area contributed by atoms with E-state index in [1.165, 1.54) is 16.2 Å². The lowest BCUT2D eigenvalue weighted by Gasteiger charge is -2.17. The molecular formula is C30H25N7O3S. The van der Waals surface area contributed by atoms with Gasteiger partial charge in [0.25, 0.3) is 11.8 Å². The zero-order chi connectivity index (χ0) is 28.3. The molecule has 41 heavy (non-hydrogen) atoms. The molecule has 0 aliphatic rings. The van der Waals surface area contributed by atoms with Crippen molar-refractivity contribution in [1.29, 1.82) is 0 Å². The van der Waals surface area contributed by atoms with Gasteiger partial charge in [0.15, 0.2) is 11.7 Å². The molecule has 204 valence electrons. The third kappa shape index (κ3) is 5.48. The van der Waals surface area contributed by atoms with Crippen LogP contribution in [0.5, 0.6) is 0 Å². The SMILES string of the molecule is Cc1ncc(-c2ccc(C(=O)Nc3nc4cc(N(C)C(=O)c5ccccn5)ccc4n3CCc3ccccn3)s2)o1. The van der Waals surface area contributed by atoms with Gasteiger partial charge in [0, 0.05) is 50.7 Å². The van der Waals surface area contributed by atoms with E-state index in [2.05, 4.69) is 20.3 Å². The van der Waals surface area contributed by atoms with Gasteiger partial charge in [-0.1, -0.05) is 12.1 Å². The van der Waals surface area contributed by atoms with Crippen molar-refractivity contribution in [3.8, 4) is 10.6 Å². The molecule has 6 aromatic rings. The van der Waals surface area contributed by atoms with Crippen LogP contribution in [-0.4, -0.2) is 43.4 Å². The molecule has 1 aromatic carbocycles. The van der Waals surface area contributed by atoms with Gasteiger partial charge in [-0.15, -0.1) is 11.3 Å². The first-order valence-electron chi connectivity index (χ1n) is 12.9. The fraction of sp³-hybridized carbons (Fsp3) is 0.133. The van der Waals surface area contributed by atoms with Crippen molar-refractivity contribution < 1.29 is 14.0 Å². The summed E-state index contributed by atoms with van der Waals surface area (Å²) in [6, 6.07) is 20.2. The van der Waals surface area contributed by atoms with E-state index in [0.717, 1.165) is 16.1 Å². The Balaban J connectivity index is 1.31. The number of fused-ring (bicyclic) bond motifs is 1. The molecule has 5 heterocycles. The van der Waals surface area contributed by atoms with Gasteiger partial charge in [-0.3, -0.25) is 24.9 Å². The average molecular weight is 564 g/mol. The molecule has 0 saturated heterocycles. The number of hydrogen-bond donors (Lipinski definition) is 1. The average Bonchev–Trinajstić information content (AvgIpc) is 3.74. The smallest absolute Gasteiger partial charge is 0.276 e. The van der Waals surface area contributed by atoms with Crippen molar-refractivity contribution in [2.75, 3.05) is 17.3 Å². The van der Waals surface area contributed by atoms with Crippen molar-refractivity contribution in [2.24, 2.45) is 0 Å². The van der Waals surface area contributed by atoms with Crippen LogP contribution in [0.1, 0.15) is 31.7 Å². The fourth-order valence-corrected chi connectivity index (χ4v) is 5.28. The Morgan fingerprint density at radius 1 is 1.00 bits per heavy atom. The number of aromatic nitrogens is 5. The van der Waals surface area contributed by atoms with Crippen molar-refractivity contribution >= 4 is 45.8 Å². The molecule has 0 atom stereocenters. The van der Waals surface area contributed by atoms with Crippen LogP contribution in [0.4, 0.5) is 11.6 Å². The van der Waals surface area contributed by atoms with Gasteiger partial charge < -0.3 is 13.9 Å². The molecule has 2 amide bonds. The first-order valence-corrected chi connectivity index (χ1v) is 13.7. The topological polar surface area (TPSA) is 119 Å². The van der Waals surface area contributed by atoms with Gasteiger partial charge in [-0.05, 0) is 54.6 Å². The number of amides is 2. The van der Waals surface area contributed by atoms with Crippen LogP contribution in [0, 0.1) is 6.92 Å². The van der Waals surface area contributed by atoms with Gasteiger partial charge in [0.2, 0.25) is 5.95 Å². The van der Waals surface area contributed by atoms with Crippen LogP contribution in [0.2, 0.25) is 0 Å². The quantitative estimate of drug-likeness (QED) is 0.255. The Hall–Kier alpha value is -5.16.